The predicted molar refractivity (Wildman–Crippen MR) is 92.3 cm³/mol. The van der Waals surface area contributed by atoms with Gasteiger partial charge in [0.1, 0.15) is 0 Å². The quantitative estimate of drug-likeness (QED) is 0.796. The van der Waals surface area contributed by atoms with Gasteiger partial charge in [-0.15, -0.1) is 0 Å². The lowest BCUT2D eigenvalue weighted by Gasteiger charge is -2.45. The van der Waals surface area contributed by atoms with Crippen molar-refractivity contribution >= 4 is 11.8 Å². The van der Waals surface area contributed by atoms with Crippen LogP contribution in [0.15, 0.2) is 24.3 Å². The van der Waals surface area contributed by atoms with Crippen molar-refractivity contribution in [2.24, 2.45) is 11.8 Å². The first-order valence-electron chi connectivity index (χ1n) is 9.61. The van der Waals surface area contributed by atoms with Gasteiger partial charge in [-0.2, -0.15) is 0 Å². The average Bonchev–Trinajstić information content (AvgIpc) is 2.61. The molecule has 0 N–H and O–H groups in total. The smallest absolute Gasteiger partial charge is 0.242 e. The third-order valence-electron chi connectivity index (χ3n) is 5.95. The van der Waals surface area contributed by atoms with Crippen LogP contribution in [0.3, 0.4) is 0 Å². The van der Waals surface area contributed by atoms with E-state index in [-0.39, 0.29) is 30.3 Å². The zero-order valence-electron chi connectivity index (χ0n) is 15.3. The molecule has 0 radical (unpaired) electrons. The van der Waals surface area contributed by atoms with Crippen LogP contribution >= 0.6 is 0 Å². The molecule has 0 spiro atoms. The number of benzene rings is 1. The van der Waals surface area contributed by atoms with Crippen LogP contribution < -0.4 is 0 Å². The molecular weight excluding hydrogens is 300 g/mol. The van der Waals surface area contributed by atoms with Gasteiger partial charge < -0.3 is 9.80 Å². The number of carbonyl (C=O) groups is 2. The summed E-state index contributed by atoms with van der Waals surface area (Å²) in [6, 6.07) is 8.29. The fourth-order valence-corrected chi connectivity index (χ4v) is 4.46. The van der Waals surface area contributed by atoms with Gasteiger partial charge in [0.2, 0.25) is 11.8 Å². The highest BCUT2D eigenvalue weighted by Crippen LogP contribution is 2.35. The summed E-state index contributed by atoms with van der Waals surface area (Å²) in [4.78, 5) is 29.4. The molecule has 4 rings (SSSR count). The molecule has 2 fully saturated rings. The van der Waals surface area contributed by atoms with Crippen LogP contribution in [0.25, 0.3) is 0 Å². The van der Waals surface area contributed by atoms with Crippen LogP contribution in [0.5, 0.6) is 0 Å². The van der Waals surface area contributed by atoms with E-state index in [9.17, 15) is 9.59 Å². The highest BCUT2D eigenvalue weighted by molar-refractivity contribution is 5.87. The number of piperazine rings is 1. The maximum Gasteiger partial charge on any atom is 0.242 e. The van der Waals surface area contributed by atoms with Crippen molar-refractivity contribution in [1.29, 1.82) is 0 Å². The zero-order valence-corrected chi connectivity index (χ0v) is 14.3. The van der Waals surface area contributed by atoms with Crippen molar-refractivity contribution in [2.75, 3.05) is 19.6 Å². The van der Waals surface area contributed by atoms with Gasteiger partial charge in [0.15, 0.2) is 0 Å². The molecule has 3 aliphatic rings. The lowest BCUT2D eigenvalue weighted by atomic mass is 9.82. The monoisotopic (exact) mass is 327 g/mol. The molecule has 1 unspecified atom stereocenters. The number of fused-ring (bicyclic) bond motifs is 3. The predicted octanol–water partition coefficient (Wildman–Crippen LogP) is 2.78. The summed E-state index contributed by atoms with van der Waals surface area (Å²) < 4.78 is 8.15. The van der Waals surface area contributed by atoms with Gasteiger partial charge >= 0.3 is 0 Å². The Bertz CT molecular complexity index is 693. The molecule has 2 amide bonds. The Morgan fingerprint density at radius 1 is 1.21 bits per heavy atom. The maximum absolute atomic E-state index is 13.0. The van der Waals surface area contributed by atoms with E-state index >= 15 is 0 Å². The summed E-state index contributed by atoms with van der Waals surface area (Å²) in [6.07, 6.45) is 3.98. The SMILES string of the molecule is [2H]C1(C)CCC(C(=O)N2CC(=O)N3CCc4ccccc4C3C2)CC1. The number of carbonyl (C=O) groups excluding carboxylic acids is 2. The van der Waals surface area contributed by atoms with Gasteiger partial charge in [-0.05, 0) is 49.1 Å². The minimum absolute atomic E-state index is 0.000168. The molecule has 1 saturated heterocycles. The lowest BCUT2D eigenvalue weighted by Crippen LogP contribution is -2.56. The number of hydrogen-bond donors (Lipinski definition) is 0. The van der Waals surface area contributed by atoms with Crippen LogP contribution in [0.4, 0.5) is 0 Å². The van der Waals surface area contributed by atoms with E-state index in [1.165, 1.54) is 11.1 Å². The van der Waals surface area contributed by atoms with E-state index in [1.54, 1.807) is 4.90 Å². The minimum atomic E-state index is -0.395. The standard InChI is InChI=1S/C20H26N2O2/c1-14-6-8-16(9-7-14)20(24)21-12-18-17-5-3-2-4-15(17)10-11-22(18)19(23)13-21/h2-5,14,16,18H,6-13H2,1H3/i14D. The average molecular weight is 327 g/mol. The normalized spacial score (nSPS) is 33.5. The Labute approximate surface area is 145 Å². The van der Waals surface area contributed by atoms with E-state index in [2.05, 4.69) is 12.1 Å². The first kappa shape index (κ1) is 14.5. The lowest BCUT2D eigenvalue weighted by molar-refractivity contribution is -0.152. The molecule has 1 aliphatic carbocycles. The molecule has 4 nitrogen and oxygen atoms in total. The van der Waals surface area contributed by atoms with Crippen LogP contribution in [-0.2, 0) is 16.0 Å². The van der Waals surface area contributed by atoms with Gasteiger partial charge in [-0.3, -0.25) is 9.59 Å². The summed E-state index contributed by atoms with van der Waals surface area (Å²) in [7, 11) is 0. The largest absolute Gasteiger partial charge is 0.332 e. The summed E-state index contributed by atoms with van der Waals surface area (Å²) in [5.41, 5.74) is 2.50. The summed E-state index contributed by atoms with van der Waals surface area (Å²) in [5.74, 6) is -0.225. The molecule has 128 valence electrons. The Kier molecular flexibility index (Phi) is 3.76. The van der Waals surface area contributed by atoms with Crippen molar-refractivity contribution in [3.05, 3.63) is 35.4 Å². The molecule has 1 atom stereocenters. The minimum Gasteiger partial charge on any atom is -0.332 e. The van der Waals surface area contributed by atoms with E-state index in [0.29, 0.717) is 6.54 Å². The summed E-state index contributed by atoms with van der Waals surface area (Å²) in [6.45, 7) is 3.53. The first-order valence-corrected chi connectivity index (χ1v) is 9.11. The number of amides is 2. The highest BCUT2D eigenvalue weighted by atomic mass is 16.2. The second-order valence-electron chi connectivity index (χ2n) is 7.50. The number of rotatable bonds is 1. The first-order chi connectivity index (χ1) is 11.9. The van der Waals surface area contributed by atoms with Crippen LogP contribution in [0, 0.1) is 11.8 Å². The van der Waals surface area contributed by atoms with Crippen molar-refractivity contribution in [2.45, 2.75) is 45.1 Å². The number of nitrogens with zero attached hydrogens (tertiary/aromatic N) is 2. The van der Waals surface area contributed by atoms with Crippen molar-refractivity contribution in [3.63, 3.8) is 0 Å². The van der Waals surface area contributed by atoms with Gasteiger partial charge in [-0.1, -0.05) is 31.2 Å². The van der Waals surface area contributed by atoms with E-state index in [0.717, 1.165) is 38.6 Å². The second-order valence-corrected chi connectivity index (χ2v) is 7.50. The van der Waals surface area contributed by atoms with Crippen molar-refractivity contribution < 1.29 is 11.0 Å². The van der Waals surface area contributed by atoms with Gasteiger partial charge in [0, 0.05) is 20.4 Å². The zero-order chi connectivity index (χ0) is 17.6. The van der Waals surface area contributed by atoms with Crippen LogP contribution in [0.2, 0.25) is 0 Å². The summed E-state index contributed by atoms with van der Waals surface area (Å²) in [5, 5.41) is 0. The molecule has 2 heterocycles. The molecular formula is C20H26N2O2. The Morgan fingerprint density at radius 2 is 1.96 bits per heavy atom. The molecule has 1 saturated carbocycles. The Hall–Kier alpha value is -1.84. The van der Waals surface area contributed by atoms with E-state index in [4.69, 9.17) is 1.37 Å². The molecule has 0 aromatic heterocycles. The van der Waals surface area contributed by atoms with E-state index in [1.807, 2.05) is 24.0 Å². The molecule has 1 aromatic rings. The van der Waals surface area contributed by atoms with E-state index < -0.39 is 5.89 Å². The van der Waals surface area contributed by atoms with Crippen LogP contribution in [-0.4, -0.2) is 41.2 Å². The maximum atomic E-state index is 13.0. The molecule has 4 heteroatoms. The molecule has 0 bridgehead atoms. The highest BCUT2D eigenvalue weighted by Gasteiger charge is 2.40. The van der Waals surface area contributed by atoms with Crippen molar-refractivity contribution in [1.82, 2.24) is 9.80 Å². The van der Waals surface area contributed by atoms with Crippen LogP contribution in [0.1, 0.15) is 51.1 Å². The summed E-state index contributed by atoms with van der Waals surface area (Å²) >= 11 is 0. The third-order valence-corrected chi connectivity index (χ3v) is 5.95. The molecule has 2 aliphatic heterocycles. The Balaban J connectivity index is 1.52. The molecule has 24 heavy (non-hydrogen) atoms. The fraction of sp³-hybridized carbons (Fsp3) is 0.600. The topological polar surface area (TPSA) is 40.6 Å². The van der Waals surface area contributed by atoms with Crippen molar-refractivity contribution in [3.8, 4) is 0 Å². The second kappa shape index (κ2) is 6.23. The number of hydrogen-bond acceptors (Lipinski definition) is 2. The van der Waals surface area contributed by atoms with Gasteiger partial charge in [-0.25, -0.2) is 0 Å². The fourth-order valence-electron chi connectivity index (χ4n) is 4.46. The van der Waals surface area contributed by atoms with Gasteiger partial charge in [0.25, 0.3) is 0 Å². The van der Waals surface area contributed by atoms with Gasteiger partial charge in [0.05, 0.1) is 12.6 Å². The Morgan fingerprint density at radius 3 is 2.75 bits per heavy atom. The third kappa shape index (κ3) is 2.72. The molecule has 1 aromatic carbocycles.